The van der Waals surface area contributed by atoms with Crippen LogP contribution in [0, 0.1) is 76.2 Å². The van der Waals surface area contributed by atoms with Crippen LogP contribution in [0.2, 0.25) is 20.1 Å². The number of aromatic amines is 1. The molecule has 17 rings (SSSR count). The molecule has 0 aliphatic carbocycles. The number of fused-ring (bicyclic) bond motifs is 12. The molecule has 0 radical (unpaired) electrons. The van der Waals surface area contributed by atoms with Gasteiger partial charge in [-0.25, -0.2) is 10.4 Å². The summed E-state index contributed by atoms with van der Waals surface area (Å²) in [6.07, 6.45) is -0.0916. The lowest BCUT2D eigenvalue weighted by Gasteiger charge is -2.21. The van der Waals surface area contributed by atoms with Gasteiger partial charge in [0.05, 0.1) is 54.7 Å². The van der Waals surface area contributed by atoms with Crippen molar-refractivity contribution >= 4 is 145 Å². The Hall–Kier alpha value is -11.4. The average Bonchev–Trinajstić information content (AvgIpc) is 1.63. The van der Waals surface area contributed by atoms with Crippen LogP contribution in [0.5, 0.6) is 0 Å². The molecule has 676 valence electrons. The largest absolute Gasteiger partial charge is 0.460 e. The first kappa shape index (κ1) is 94.7. The van der Waals surface area contributed by atoms with Gasteiger partial charge < -0.3 is 19.2 Å². The van der Waals surface area contributed by atoms with Crippen molar-refractivity contribution in [2.45, 2.75) is 211 Å². The highest BCUT2D eigenvalue weighted by atomic mass is 35.5. The lowest BCUT2D eigenvalue weighted by atomic mass is 9.99. The Morgan fingerprint density at radius 3 is 0.946 bits per heavy atom. The van der Waals surface area contributed by atoms with Crippen LogP contribution in [0.15, 0.2) is 135 Å². The van der Waals surface area contributed by atoms with Crippen LogP contribution in [0.1, 0.15) is 251 Å². The van der Waals surface area contributed by atoms with Crippen molar-refractivity contribution in [1.29, 1.82) is 0 Å². The standard InChI is InChI=1S/C23H22ClF3N4O2S.C23H21ClN8OS.2C23H25ClN4O2S/c1-11-12(2)34-20-17(11)18(13-6-8-14(24)9-7-13)28-15(10-16(32)33-22(3,4)5)19-29-30-21(31(19)20)23(25,26)27;1-12-13(2)34-23-20(12)21(15-4-6-16(24)7-5-15)28-17(22-31-29-14(3)32(22)23)10-19(33)30-27-11-18-25-8-9-26-18;2*1-12-13(2)31-22-19(12)20(15-7-9-16(24)10-8-15)25-17(11-18(29)30-23(4,5)6)21-27-26-14(3)28(21)22/h6-9,15H,10H2,1-5H3;4-9,11,17H,10H2,1-3H3,(H,25,26)(H,30,33);2*7-10,17H,11H2,1-6H3/b;27-11+;;/t15-;3*17-/m0010/s1. The number of aryl methyl sites for hydroxylation is 7. The SMILES string of the molecule is Cc1sc2c(c1C)C(c1ccc(Cl)cc1)=N[C@@H](CC(=O)N/N=C/c1ncc[nH]1)c1nnc(C)n1-2.Cc1sc2c(c1C)C(c1ccc(Cl)cc1)=N[C@@H](CC(=O)OC(C)(C)C)c1nnc(C(F)(F)F)n1-2.Cc1sc2c(c1C)C(c1ccc(Cl)cc1)=N[C@@H](CC(=O)OC(C)(C)C)c1nnc(C)n1-2.Cc1sc2c(c1C)C(c1ccc(Cl)cc1)=N[C@H](CC(=O)OC(C)(C)C)c1nnc(C)n1-2. The minimum absolute atomic E-state index is 0.0533. The molecular weight excluding hydrogens is 1820 g/mol. The van der Waals surface area contributed by atoms with Gasteiger partial charge in [-0.15, -0.1) is 86.1 Å². The number of rotatable bonds is 14. The Morgan fingerprint density at radius 2 is 0.677 bits per heavy atom. The van der Waals surface area contributed by atoms with E-state index in [1.54, 1.807) is 91.4 Å². The number of carbonyl (C=O) groups excluding carboxylic acids is 4. The summed E-state index contributed by atoms with van der Waals surface area (Å²) in [4.78, 5) is 82.3. The third kappa shape index (κ3) is 20.7. The molecule has 4 aliphatic heterocycles. The maximum Gasteiger partial charge on any atom is 0.452 e. The Morgan fingerprint density at radius 1 is 0.408 bits per heavy atom. The van der Waals surface area contributed by atoms with Crippen molar-refractivity contribution in [3.05, 3.63) is 268 Å². The van der Waals surface area contributed by atoms with Crippen LogP contribution in [-0.4, -0.2) is 139 Å². The lowest BCUT2D eigenvalue weighted by molar-refractivity contribution is -0.156. The number of thiophene rings is 4. The molecule has 38 heteroatoms. The van der Waals surface area contributed by atoms with Gasteiger partial charge in [0.1, 0.15) is 84.3 Å². The molecule has 0 spiro atoms. The first-order chi connectivity index (χ1) is 61.3. The van der Waals surface area contributed by atoms with E-state index < -0.39 is 58.9 Å². The normalized spacial score (nSPS) is 15.6. The number of nitrogens with one attached hydrogen (secondary N) is 2. The minimum Gasteiger partial charge on any atom is -0.460 e. The summed E-state index contributed by atoms with van der Waals surface area (Å²) in [5.74, 6) is 1.97. The van der Waals surface area contributed by atoms with E-state index in [9.17, 15) is 32.3 Å². The van der Waals surface area contributed by atoms with Crippen LogP contribution in [0.25, 0.3) is 20.0 Å². The fourth-order valence-corrected chi connectivity index (χ4v) is 20.3. The number of amides is 1. The number of halogens is 7. The van der Waals surface area contributed by atoms with Gasteiger partial charge in [-0.3, -0.25) is 57.4 Å². The molecule has 13 aromatic rings. The number of alkyl halides is 3. The van der Waals surface area contributed by atoms with E-state index in [1.165, 1.54) is 32.2 Å². The monoisotopic (exact) mass is 1910 g/mol. The minimum atomic E-state index is -4.75. The van der Waals surface area contributed by atoms with E-state index in [4.69, 9.17) is 80.6 Å². The predicted molar refractivity (Wildman–Crippen MR) is 504 cm³/mol. The highest BCUT2D eigenvalue weighted by Gasteiger charge is 2.45. The number of esters is 3. The molecule has 4 aromatic carbocycles. The smallest absolute Gasteiger partial charge is 0.452 e. The Labute approximate surface area is 784 Å². The van der Waals surface area contributed by atoms with Crippen LogP contribution in [0.4, 0.5) is 13.2 Å². The molecule has 4 atom stereocenters. The number of nitrogens with zero attached hydrogens (tertiary/aromatic N) is 18. The fourth-order valence-electron chi connectivity index (χ4n) is 14.9. The van der Waals surface area contributed by atoms with Crippen LogP contribution >= 0.6 is 91.8 Å². The molecule has 130 heavy (non-hydrogen) atoms. The number of imidazole rings is 1. The van der Waals surface area contributed by atoms with Crippen molar-refractivity contribution in [2.24, 2.45) is 25.1 Å². The number of ether oxygens (including phenoxy) is 3. The van der Waals surface area contributed by atoms with E-state index in [0.29, 0.717) is 65.2 Å². The summed E-state index contributed by atoms with van der Waals surface area (Å²) in [7, 11) is 0. The molecule has 27 nitrogen and oxygen atoms in total. The summed E-state index contributed by atoms with van der Waals surface area (Å²) < 4.78 is 65.5. The van der Waals surface area contributed by atoms with E-state index in [1.807, 2.05) is 163 Å². The maximum absolute atomic E-state index is 14.0. The van der Waals surface area contributed by atoms with Gasteiger partial charge in [0.25, 0.3) is 0 Å². The van der Waals surface area contributed by atoms with Crippen molar-refractivity contribution in [2.75, 3.05) is 0 Å². The number of hydrogen-bond donors (Lipinski definition) is 2. The Balaban J connectivity index is 0.000000140. The van der Waals surface area contributed by atoms with Gasteiger partial charge in [-0.2, -0.15) is 18.3 Å². The average molecular weight is 1920 g/mol. The number of H-pyrrole nitrogens is 1. The second-order valence-corrected chi connectivity index (χ2v) is 40.8. The van der Waals surface area contributed by atoms with Gasteiger partial charge >= 0.3 is 24.1 Å². The quantitative estimate of drug-likeness (QED) is 0.0442. The topological polar surface area (TPSA) is 321 Å². The summed E-state index contributed by atoms with van der Waals surface area (Å²) in [6, 6.07) is 27.1. The molecule has 2 N–H and O–H groups in total. The maximum atomic E-state index is 14.0. The fraction of sp³-hybridized carbons (Fsp3) is 0.348. The van der Waals surface area contributed by atoms with E-state index in [2.05, 4.69) is 103 Å². The van der Waals surface area contributed by atoms with E-state index >= 15 is 0 Å². The van der Waals surface area contributed by atoms with Crippen molar-refractivity contribution in [3.63, 3.8) is 0 Å². The second kappa shape index (κ2) is 37.8. The number of hydrogen-bond acceptors (Lipinski definition) is 25. The van der Waals surface area contributed by atoms with Gasteiger partial charge in [-0.05, 0) is 209 Å². The first-order valence-electron chi connectivity index (χ1n) is 41.3. The molecule has 4 aliphatic rings. The summed E-state index contributed by atoms with van der Waals surface area (Å²) >= 11 is 30.7. The van der Waals surface area contributed by atoms with Crippen molar-refractivity contribution in [1.82, 2.24) is 74.5 Å². The van der Waals surface area contributed by atoms with Gasteiger partial charge in [-0.1, -0.05) is 94.9 Å². The van der Waals surface area contributed by atoms with Gasteiger partial charge in [0, 0.05) is 96.5 Å². The van der Waals surface area contributed by atoms with Crippen LogP contribution in [-0.2, 0) is 39.6 Å². The molecule has 1 amide bonds. The molecule has 0 saturated carbocycles. The van der Waals surface area contributed by atoms with Crippen LogP contribution in [0.3, 0.4) is 0 Å². The van der Waals surface area contributed by atoms with Crippen molar-refractivity contribution in [3.8, 4) is 20.0 Å². The summed E-state index contributed by atoms with van der Waals surface area (Å²) in [5, 5.41) is 43.3. The summed E-state index contributed by atoms with van der Waals surface area (Å²) in [5.41, 5.74) is 14.9. The Bertz CT molecular complexity index is 6480. The van der Waals surface area contributed by atoms with Crippen LogP contribution < -0.4 is 5.43 Å². The highest BCUT2D eigenvalue weighted by Crippen LogP contribution is 2.47. The number of benzene rings is 4. The molecule has 9 aromatic heterocycles. The molecule has 0 bridgehead atoms. The second-order valence-electron chi connectivity index (χ2n) is 34.2. The number of carbonyl (C=O) groups is 4. The highest BCUT2D eigenvalue weighted by molar-refractivity contribution is 7.16. The number of aliphatic imine (C=N–C) groups is 4. The summed E-state index contributed by atoms with van der Waals surface area (Å²) in [6.45, 7) is 38.3. The van der Waals surface area contributed by atoms with E-state index in [0.717, 1.165) is 115 Å². The molecule has 0 unspecified atom stereocenters. The molecule has 0 fully saturated rings. The zero-order valence-electron chi connectivity index (χ0n) is 74.8. The zero-order chi connectivity index (χ0) is 93.8. The van der Waals surface area contributed by atoms with Gasteiger partial charge in [0.2, 0.25) is 11.7 Å². The first-order valence-corrected chi connectivity index (χ1v) is 46.1. The molecular formula is C92H93Cl4F3N20O7S4. The predicted octanol–water partition coefficient (Wildman–Crippen LogP) is 21.4. The zero-order valence-corrected chi connectivity index (χ0v) is 81.1. The molecule has 0 saturated heterocycles. The third-order valence-corrected chi connectivity index (χ3v) is 26.9. The number of aromatic nitrogens is 14. The van der Waals surface area contributed by atoms with E-state index in [-0.39, 0.29) is 49.4 Å². The number of hydrazone groups is 1. The molecule has 13 heterocycles. The third-order valence-electron chi connectivity index (χ3n) is 21.1. The lowest BCUT2D eigenvalue weighted by Crippen LogP contribution is -2.25. The van der Waals surface area contributed by atoms with Gasteiger partial charge in [0.15, 0.2) is 23.3 Å². The van der Waals surface area contributed by atoms with Crippen molar-refractivity contribution < 1.29 is 46.6 Å². The Kier molecular flexibility index (Phi) is 27.6.